The minimum atomic E-state index is -3.89. The smallest absolute Gasteiger partial charge is 0.269 e. The first kappa shape index (κ1) is 23.3. The molecular formula is C20H19Br3N2O4S. The molecule has 0 aliphatic rings. The zero-order valence-corrected chi connectivity index (χ0v) is 22.0. The summed E-state index contributed by atoms with van der Waals surface area (Å²) in [5.41, 5.74) is 2.20. The van der Waals surface area contributed by atoms with Gasteiger partial charge in [0.05, 0.1) is 26.5 Å². The standard InChI is InChI=1S/C20H19Br3N2O4S/c1-11-4-6-13(7-5-11)30(27,28)25-16-10-15(21)19(29-3)18(22)17(16)14(20(25)23)8-9-24-12(2)26/h4-7,10H,8-9H2,1-3H3,(H,24,26). The van der Waals surface area contributed by atoms with Crippen LogP contribution in [-0.2, 0) is 21.2 Å². The highest BCUT2D eigenvalue weighted by molar-refractivity contribution is 9.11. The molecule has 1 heterocycles. The molecule has 0 aliphatic heterocycles. The number of benzene rings is 2. The number of carbonyl (C=O) groups is 1. The van der Waals surface area contributed by atoms with Crippen molar-refractivity contribution in [1.82, 2.24) is 9.29 Å². The summed E-state index contributed by atoms with van der Waals surface area (Å²) >= 11 is 10.5. The van der Waals surface area contributed by atoms with Crippen molar-refractivity contribution in [3.05, 3.63) is 55.0 Å². The van der Waals surface area contributed by atoms with Gasteiger partial charge in [-0.05, 0) is 84.9 Å². The van der Waals surface area contributed by atoms with E-state index in [4.69, 9.17) is 4.74 Å². The Morgan fingerprint density at radius 2 is 1.80 bits per heavy atom. The van der Waals surface area contributed by atoms with E-state index in [1.54, 1.807) is 37.4 Å². The number of rotatable bonds is 6. The van der Waals surface area contributed by atoms with E-state index in [0.29, 0.717) is 43.2 Å². The zero-order chi connectivity index (χ0) is 22.2. The average Bonchev–Trinajstić information content (AvgIpc) is 2.94. The summed E-state index contributed by atoms with van der Waals surface area (Å²) in [6.07, 6.45) is 0.427. The third kappa shape index (κ3) is 4.19. The monoisotopic (exact) mass is 620 g/mol. The van der Waals surface area contributed by atoms with Crippen molar-refractivity contribution in [1.29, 1.82) is 0 Å². The Bertz CT molecular complexity index is 1240. The molecule has 30 heavy (non-hydrogen) atoms. The van der Waals surface area contributed by atoms with Gasteiger partial charge >= 0.3 is 0 Å². The summed E-state index contributed by atoms with van der Waals surface area (Å²) in [6.45, 7) is 3.71. The van der Waals surface area contributed by atoms with Crippen LogP contribution >= 0.6 is 47.8 Å². The van der Waals surface area contributed by atoms with Crippen LogP contribution < -0.4 is 10.1 Å². The number of aromatic nitrogens is 1. The van der Waals surface area contributed by atoms with E-state index in [1.807, 2.05) is 6.92 Å². The van der Waals surface area contributed by atoms with Gasteiger partial charge in [-0.1, -0.05) is 17.7 Å². The minimum Gasteiger partial charge on any atom is -0.494 e. The van der Waals surface area contributed by atoms with Crippen molar-refractivity contribution in [2.45, 2.75) is 25.2 Å². The molecule has 3 rings (SSSR count). The second-order valence-corrected chi connectivity index (χ2v) is 10.9. The van der Waals surface area contributed by atoms with Gasteiger partial charge in [-0.2, -0.15) is 0 Å². The van der Waals surface area contributed by atoms with Gasteiger partial charge in [-0.15, -0.1) is 0 Å². The molecule has 0 radical (unpaired) electrons. The first-order valence-electron chi connectivity index (χ1n) is 8.91. The van der Waals surface area contributed by atoms with Gasteiger partial charge in [0, 0.05) is 18.9 Å². The number of ether oxygens (including phenoxy) is 1. The van der Waals surface area contributed by atoms with Crippen molar-refractivity contribution in [2.24, 2.45) is 0 Å². The molecule has 0 spiro atoms. The summed E-state index contributed by atoms with van der Waals surface area (Å²) in [7, 11) is -2.34. The van der Waals surface area contributed by atoms with Crippen LogP contribution in [0.1, 0.15) is 18.1 Å². The highest BCUT2D eigenvalue weighted by Gasteiger charge is 2.28. The lowest BCUT2D eigenvalue weighted by Crippen LogP contribution is -2.22. The van der Waals surface area contributed by atoms with E-state index in [2.05, 4.69) is 53.1 Å². The van der Waals surface area contributed by atoms with Gasteiger partial charge in [0.25, 0.3) is 10.0 Å². The molecule has 0 saturated carbocycles. The summed E-state index contributed by atoms with van der Waals surface area (Å²) in [5, 5.41) is 3.45. The molecule has 0 saturated heterocycles. The molecule has 1 amide bonds. The van der Waals surface area contributed by atoms with Crippen molar-refractivity contribution >= 4 is 74.6 Å². The van der Waals surface area contributed by atoms with Crippen LogP contribution in [0.3, 0.4) is 0 Å². The molecule has 0 atom stereocenters. The van der Waals surface area contributed by atoms with E-state index in [9.17, 15) is 13.2 Å². The third-order valence-corrected chi connectivity index (χ3v) is 8.76. The lowest BCUT2D eigenvalue weighted by molar-refractivity contribution is -0.118. The summed E-state index contributed by atoms with van der Waals surface area (Å²) in [6, 6.07) is 8.43. The fraction of sp³-hybridized carbons (Fsp3) is 0.250. The fourth-order valence-electron chi connectivity index (χ4n) is 3.20. The number of aryl methyl sites for hydroxylation is 1. The highest BCUT2D eigenvalue weighted by atomic mass is 79.9. The Balaban J connectivity index is 2.32. The number of nitrogens with one attached hydrogen (secondary N) is 1. The molecule has 0 unspecified atom stereocenters. The van der Waals surface area contributed by atoms with Gasteiger partial charge in [-0.25, -0.2) is 12.4 Å². The van der Waals surface area contributed by atoms with Gasteiger partial charge in [0.1, 0.15) is 10.4 Å². The number of nitrogens with zero attached hydrogens (tertiary/aromatic N) is 1. The van der Waals surface area contributed by atoms with Gasteiger partial charge < -0.3 is 10.1 Å². The SMILES string of the molecule is COc1c(Br)cc2c(c1Br)c(CCNC(C)=O)c(Br)n2S(=O)(=O)c1ccc(C)cc1. The van der Waals surface area contributed by atoms with Crippen molar-refractivity contribution < 1.29 is 17.9 Å². The molecule has 10 heteroatoms. The zero-order valence-electron chi connectivity index (χ0n) is 16.4. The van der Waals surface area contributed by atoms with Crippen LogP contribution in [0, 0.1) is 6.92 Å². The van der Waals surface area contributed by atoms with E-state index < -0.39 is 10.0 Å². The van der Waals surface area contributed by atoms with Crippen LogP contribution in [0.2, 0.25) is 0 Å². The Kier molecular flexibility index (Phi) is 7.01. The molecule has 6 nitrogen and oxygen atoms in total. The Morgan fingerprint density at radius 3 is 2.37 bits per heavy atom. The average molecular weight is 623 g/mol. The largest absolute Gasteiger partial charge is 0.494 e. The quantitative estimate of drug-likeness (QED) is 0.412. The first-order chi connectivity index (χ1) is 14.1. The molecule has 1 N–H and O–H groups in total. The lowest BCUT2D eigenvalue weighted by atomic mass is 10.1. The lowest BCUT2D eigenvalue weighted by Gasteiger charge is -2.11. The number of amides is 1. The van der Waals surface area contributed by atoms with Crippen LogP contribution in [0.15, 0.2) is 48.8 Å². The first-order valence-corrected chi connectivity index (χ1v) is 12.7. The number of hydrogen-bond acceptors (Lipinski definition) is 4. The van der Waals surface area contributed by atoms with Crippen LogP contribution in [0.4, 0.5) is 0 Å². The van der Waals surface area contributed by atoms with E-state index in [0.717, 1.165) is 11.1 Å². The second-order valence-electron chi connectivity index (χ2n) is 6.68. The maximum atomic E-state index is 13.6. The molecule has 0 aliphatic carbocycles. The normalized spacial score (nSPS) is 11.7. The molecular weight excluding hydrogens is 604 g/mol. The molecule has 0 fully saturated rings. The third-order valence-electron chi connectivity index (χ3n) is 4.62. The number of methoxy groups -OCH3 is 1. The van der Waals surface area contributed by atoms with E-state index in [-0.39, 0.29) is 10.8 Å². The topological polar surface area (TPSA) is 77.4 Å². The fourth-order valence-corrected chi connectivity index (χ4v) is 7.43. The second kappa shape index (κ2) is 9.02. The maximum absolute atomic E-state index is 13.6. The van der Waals surface area contributed by atoms with Crippen LogP contribution in [0.25, 0.3) is 10.9 Å². The Morgan fingerprint density at radius 1 is 1.17 bits per heavy atom. The molecule has 1 aromatic heterocycles. The van der Waals surface area contributed by atoms with Gasteiger partial charge in [-0.3, -0.25) is 4.79 Å². The number of halogens is 3. The number of hydrogen-bond donors (Lipinski definition) is 1. The number of carbonyl (C=O) groups excluding carboxylic acids is 1. The van der Waals surface area contributed by atoms with E-state index >= 15 is 0 Å². The Labute approximate surface area is 200 Å². The summed E-state index contributed by atoms with van der Waals surface area (Å²) in [5.74, 6) is 0.405. The maximum Gasteiger partial charge on any atom is 0.269 e. The summed E-state index contributed by atoms with van der Waals surface area (Å²) < 4.78 is 35.5. The number of fused-ring (bicyclic) bond motifs is 1. The highest BCUT2D eigenvalue weighted by Crippen LogP contribution is 2.45. The Hall–Kier alpha value is -1.36. The molecule has 3 aromatic rings. The van der Waals surface area contributed by atoms with Crippen LogP contribution in [-0.4, -0.2) is 32.0 Å². The molecule has 0 bridgehead atoms. The molecule has 2 aromatic carbocycles. The predicted molar refractivity (Wildman–Crippen MR) is 128 cm³/mol. The van der Waals surface area contributed by atoms with Crippen LogP contribution in [0.5, 0.6) is 5.75 Å². The van der Waals surface area contributed by atoms with Gasteiger partial charge in [0.2, 0.25) is 5.91 Å². The van der Waals surface area contributed by atoms with Crippen molar-refractivity contribution in [2.75, 3.05) is 13.7 Å². The molecule has 160 valence electrons. The summed E-state index contributed by atoms with van der Waals surface area (Å²) in [4.78, 5) is 11.5. The van der Waals surface area contributed by atoms with Crippen molar-refractivity contribution in [3.8, 4) is 5.75 Å². The predicted octanol–water partition coefficient (Wildman–Crippen LogP) is 5.16. The minimum absolute atomic E-state index is 0.151. The van der Waals surface area contributed by atoms with Gasteiger partial charge in [0.15, 0.2) is 0 Å². The van der Waals surface area contributed by atoms with Crippen molar-refractivity contribution in [3.63, 3.8) is 0 Å². The van der Waals surface area contributed by atoms with E-state index in [1.165, 1.54) is 10.9 Å².